The summed E-state index contributed by atoms with van der Waals surface area (Å²) in [5, 5.41) is 11.4. The maximum atomic E-state index is 12.3. The number of nitrogens with one attached hydrogen (secondary N) is 1. The molecule has 1 amide bonds. The SMILES string of the molecule is O=C(CCc1ccccc1OC(F)(F)F)NC(C(=O)O)C1CC1. The molecule has 0 saturated heterocycles. The molecule has 0 heterocycles. The zero-order chi connectivity index (χ0) is 17.0. The third kappa shape index (κ3) is 5.46. The molecule has 0 aliphatic heterocycles. The van der Waals surface area contributed by atoms with Gasteiger partial charge in [-0.05, 0) is 36.8 Å². The number of benzene rings is 1. The Morgan fingerprint density at radius 3 is 2.52 bits per heavy atom. The van der Waals surface area contributed by atoms with Gasteiger partial charge < -0.3 is 15.2 Å². The number of amides is 1. The van der Waals surface area contributed by atoms with Gasteiger partial charge in [-0.3, -0.25) is 4.79 Å². The zero-order valence-electron chi connectivity index (χ0n) is 12.1. The maximum absolute atomic E-state index is 12.3. The van der Waals surface area contributed by atoms with Crippen molar-refractivity contribution in [1.29, 1.82) is 0 Å². The summed E-state index contributed by atoms with van der Waals surface area (Å²) < 4.78 is 40.8. The fraction of sp³-hybridized carbons (Fsp3) is 0.467. The zero-order valence-corrected chi connectivity index (χ0v) is 12.1. The van der Waals surface area contributed by atoms with E-state index in [1.54, 1.807) is 6.07 Å². The number of para-hydroxylation sites is 1. The van der Waals surface area contributed by atoms with E-state index in [9.17, 15) is 22.8 Å². The lowest BCUT2D eigenvalue weighted by atomic mass is 10.1. The average molecular weight is 331 g/mol. The van der Waals surface area contributed by atoms with Gasteiger partial charge in [0.15, 0.2) is 0 Å². The van der Waals surface area contributed by atoms with Gasteiger partial charge in [0.05, 0.1) is 0 Å². The van der Waals surface area contributed by atoms with E-state index in [0.29, 0.717) is 0 Å². The first-order chi connectivity index (χ1) is 10.8. The Bertz CT molecular complexity index is 584. The summed E-state index contributed by atoms with van der Waals surface area (Å²) in [4.78, 5) is 22.9. The van der Waals surface area contributed by atoms with E-state index in [2.05, 4.69) is 10.1 Å². The topological polar surface area (TPSA) is 75.6 Å². The highest BCUT2D eigenvalue weighted by Gasteiger charge is 2.37. The summed E-state index contributed by atoms with van der Waals surface area (Å²) in [6, 6.07) is 4.62. The first-order valence-corrected chi connectivity index (χ1v) is 7.12. The molecule has 1 aliphatic carbocycles. The first-order valence-electron chi connectivity index (χ1n) is 7.12. The largest absolute Gasteiger partial charge is 0.573 e. The predicted molar refractivity (Wildman–Crippen MR) is 73.7 cm³/mol. The van der Waals surface area contributed by atoms with Gasteiger partial charge in [0, 0.05) is 6.42 Å². The molecule has 1 aliphatic rings. The van der Waals surface area contributed by atoms with Crippen molar-refractivity contribution in [3.05, 3.63) is 29.8 Å². The number of halogens is 3. The number of alkyl halides is 3. The highest BCUT2D eigenvalue weighted by molar-refractivity contribution is 5.84. The highest BCUT2D eigenvalue weighted by Crippen LogP contribution is 2.33. The van der Waals surface area contributed by atoms with Crippen LogP contribution in [-0.2, 0) is 16.0 Å². The number of carboxylic acids is 1. The molecular weight excluding hydrogens is 315 g/mol. The highest BCUT2D eigenvalue weighted by atomic mass is 19.4. The summed E-state index contributed by atoms with van der Waals surface area (Å²) in [6.07, 6.45) is -3.40. The van der Waals surface area contributed by atoms with Crippen LogP contribution in [0.15, 0.2) is 24.3 Å². The van der Waals surface area contributed by atoms with Crippen LogP contribution < -0.4 is 10.1 Å². The van der Waals surface area contributed by atoms with E-state index in [4.69, 9.17) is 5.11 Å². The quantitative estimate of drug-likeness (QED) is 0.805. The van der Waals surface area contributed by atoms with Gasteiger partial charge in [-0.25, -0.2) is 4.79 Å². The molecule has 0 bridgehead atoms. The van der Waals surface area contributed by atoms with Crippen LogP contribution in [0.25, 0.3) is 0 Å². The summed E-state index contributed by atoms with van der Waals surface area (Å²) in [5.74, 6) is -2.02. The Labute approximate surface area is 130 Å². The number of hydrogen-bond donors (Lipinski definition) is 2. The van der Waals surface area contributed by atoms with Crippen LogP contribution in [0.4, 0.5) is 13.2 Å². The van der Waals surface area contributed by atoms with Crippen LogP contribution in [0, 0.1) is 5.92 Å². The molecule has 1 fully saturated rings. The minimum Gasteiger partial charge on any atom is -0.480 e. The molecule has 0 spiro atoms. The number of carbonyl (C=O) groups excluding carboxylic acids is 1. The maximum Gasteiger partial charge on any atom is 0.573 e. The molecular formula is C15H16F3NO4. The smallest absolute Gasteiger partial charge is 0.480 e. The molecule has 2 rings (SSSR count). The number of carboxylic acid groups (broad SMARTS) is 1. The van der Waals surface area contributed by atoms with Crippen LogP contribution in [0.2, 0.25) is 0 Å². The molecule has 23 heavy (non-hydrogen) atoms. The van der Waals surface area contributed by atoms with Crippen molar-refractivity contribution in [2.75, 3.05) is 0 Å². The minimum absolute atomic E-state index is 0.0229. The van der Waals surface area contributed by atoms with Crippen molar-refractivity contribution in [2.45, 2.75) is 38.1 Å². The van der Waals surface area contributed by atoms with Gasteiger partial charge in [0.1, 0.15) is 11.8 Å². The van der Waals surface area contributed by atoms with Gasteiger partial charge in [0.25, 0.3) is 0 Å². The first kappa shape index (κ1) is 17.1. The molecule has 5 nitrogen and oxygen atoms in total. The van der Waals surface area contributed by atoms with Gasteiger partial charge in [-0.15, -0.1) is 13.2 Å². The summed E-state index contributed by atoms with van der Waals surface area (Å²) in [6.45, 7) is 0. The molecule has 1 saturated carbocycles. The number of ether oxygens (including phenoxy) is 1. The Kier molecular flexibility index (Phi) is 5.12. The second-order valence-corrected chi connectivity index (χ2v) is 5.38. The molecule has 1 aromatic rings. The Hall–Kier alpha value is -2.25. The van der Waals surface area contributed by atoms with Crippen LogP contribution in [0.3, 0.4) is 0 Å². The van der Waals surface area contributed by atoms with Crippen LogP contribution in [0.5, 0.6) is 5.75 Å². The van der Waals surface area contributed by atoms with Gasteiger partial charge in [0.2, 0.25) is 5.91 Å². The standard InChI is InChI=1S/C15H16F3NO4/c16-15(17,18)23-11-4-2-1-3-9(11)7-8-12(20)19-13(14(21)22)10-5-6-10/h1-4,10,13H,5-8H2,(H,19,20)(H,21,22). The van der Waals surface area contributed by atoms with E-state index in [0.717, 1.165) is 12.8 Å². The number of aryl methyl sites for hydroxylation is 1. The summed E-state index contributed by atoms with van der Waals surface area (Å²) in [5.41, 5.74) is 0.235. The Morgan fingerprint density at radius 1 is 1.30 bits per heavy atom. The minimum atomic E-state index is -4.81. The number of aliphatic carboxylic acids is 1. The van der Waals surface area contributed by atoms with Crippen LogP contribution in [0.1, 0.15) is 24.8 Å². The molecule has 1 unspecified atom stereocenters. The Morgan fingerprint density at radius 2 is 1.96 bits per heavy atom. The normalized spacial score (nSPS) is 15.8. The van der Waals surface area contributed by atoms with E-state index >= 15 is 0 Å². The second-order valence-electron chi connectivity index (χ2n) is 5.38. The van der Waals surface area contributed by atoms with E-state index < -0.39 is 24.3 Å². The van der Waals surface area contributed by atoms with Crippen molar-refractivity contribution in [1.82, 2.24) is 5.32 Å². The van der Waals surface area contributed by atoms with Crippen molar-refractivity contribution >= 4 is 11.9 Å². The van der Waals surface area contributed by atoms with Crippen LogP contribution in [-0.4, -0.2) is 29.4 Å². The molecule has 1 aromatic carbocycles. The molecule has 126 valence electrons. The second kappa shape index (κ2) is 6.89. The number of carbonyl (C=O) groups is 2. The number of rotatable bonds is 7. The fourth-order valence-electron chi connectivity index (χ4n) is 2.24. The van der Waals surface area contributed by atoms with E-state index in [1.807, 2.05) is 0 Å². The lowest BCUT2D eigenvalue weighted by Gasteiger charge is -2.15. The average Bonchev–Trinajstić information content (AvgIpc) is 3.26. The predicted octanol–water partition coefficient (Wildman–Crippen LogP) is 2.50. The number of hydrogen-bond acceptors (Lipinski definition) is 3. The molecule has 1 atom stereocenters. The van der Waals surface area contributed by atoms with E-state index in [1.165, 1.54) is 18.2 Å². The van der Waals surface area contributed by atoms with Crippen molar-refractivity contribution in [3.8, 4) is 5.75 Å². The van der Waals surface area contributed by atoms with E-state index in [-0.39, 0.29) is 30.1 Å². The van der Waals surface area contributed by atoms with Crippen molar-refractivity contribution in [2.24, 2.45) is 5.92 Å². The Balaban J connectivity index is 1.92. The molecule has 0 aromatic heterocycles. The summed E-state index contributed by atoms with van der Waals surface area (Å²) >= 11 is 0. The van der Waals surface area contributed by atoms with Gasteiger partial charge >= 0.3 is 12.3 Å². The van der Waals surface area contributed by atoms with Crippen molar-refractivity contribution < 1.29 is 32.6 Å². The van der Waals surface area contributed by atoms with Crippen molar-refractivity contribution in [3.63, 3.8) is 0 Å². The monoisotopic (exact) mass is 331 g/mol. The third-order valence-electron chi connectivity index (χ3n) is 3.50. The fourth-order valence-corrected chi connectivity index (χ4v) is 2.24. The van der Waals surface area contributed by atoms with Gasteiger partial charge in [-0.1, -0.05) is 18.2 Å². The van der Waals surface area contributed by atoms with Crippen LogP contribution >= 0.6 is 0 Å². The molecule has 8 heteroatoms. The third-order valence-corrected chi connectivity index (χ3v) is 3.50. The molecule has 0 radical (unpaired) electrons. The lowest BCUT2D eigenvalue weighted by Crippen LogP contribution is -2.42. The molecule has 2 N–H and O–H groups in total. The van der Waals surface area contributed by atoms with Gasteiger partial charge in [-0.2, -0.15) is 0 Å². The summed E-state index contributed by atoms with van der Waals surface area (Å²) in [7, 11) is 0. The lowest BCUT2D eigenvalue weighted by molar-refractivity contribution is -0.274.